The number of hydrogen-bond donors (Lipinski definition) is 1. The fourth-order valence-corrected chi connectivity index (χ4v) is 1.98. The van der Waals surface area contributed by atoms with E-state index >= 15 is 0 Å². The van der Waals surface area contributed by atoms with Gasteiger partial charge in [0.05, 0.1) is 6.04 Å². The van der Waals surface area contributed by atoms with Crippen molar-refractivity contribution in [3.8, 4) is 0 Å². The molecule has 1 aliphatic heterocycles. The molecule has 1 amide bonds. The van der Waals surface area contributed by atoms with E-state index in [1.165, 1.54) is 12.8 Å². The Hall–Kier alpha value is -0.570. The first-order valence-electron chi connectivity index (χ1n) is 5.67. The third-order valence-corrected chi connectivity index (χ3v) is 3.24. The number of hydrogen-bond acceptors (Lipinski definition) is 2. The summed E-state index contributed by atoms with van der Waals surface area (Å²) in [4.78, 5) is 13.7. The molecule has 0 spiro atoms. The summed E-state index contributed by atoms with van der Waals surface area (Å²) in [6, 6.07) is 0.0682. The van der Waals surface area contributed by atoms with Crippen LogP contribution in [0.25, 0.3) is 0 Å². The Balaban J connectivity index is 2.47. The zero-order chi connectivity index (χ0) is 10.6. The molecule has 0 saturated carbocycles. The number of nitrogens with one attached hydrogen (secondary N) is 1. The molecule has 1 rings (SSSR count). The minimum absolute atomic E-state index is 0.0682. The zero-order valence-corrected chi connectivity index (χ0v) is 9.55. The Labute approximate surface area is 86.9 Å². The Morgan fingerprint density at radius 2 is 2.21 bits per heavy atom. The van der Waals surface area contributed by atoms with Crippen LogP contribution in [0.4, 0.5) is 0 Å². The molecule has 1 N–H and O–H groups in total. The molecule has 82 valence electrons. The van der Waals surface area contributed by atoms with Crippen molar-refractivity contribution in [2.45, 2.75) is 39.2 Å². The van der Waals surface area contributed by atoms with Gasteiger partial charge in [0, 0.05) is 13.6 Å². The molecule has 0 bridgehead atoms. The molecule has 0 aromatic carbocycles. The molecular formula is C11H22N2O. The highest BCUT2D eigenvalue weighted by Gasteiger charge is 2.27. The van der Waals surface area contributed by atoms with Crippen LogP contribution in [0.5, 0.6) is 0 Å². The van der Waals surface area contributed by atoms with Gasteiger partial charge in [-0.1, -0.05) is 13.3 Å². The van der Waals surface area contributed by atoms with Crippen LogP contribution in [0.1, 0.15) is 33.1 Å². The van der Waals surface area contributed by atoms with Crippen molar-refractivity contribution in [3.63, 3.8) is 0 Å². The minimum Gasteiger partial charge on any atom is -0.345 e. The van der Waals surface area contributed by atoms with E-state index in [9.17, 15) is 4.79 Å². The second-order valence-corrected chi connectivity index (χ2v) is 4.16. The normalized spacial score (nSPS) is 27.4. The summed E-state index contributed by atoms with van der Waals surface area (Å²) in [6.07, 6.45) is 3.43. The third kappa shape index (κ3) is 2.71. The zero-order valence-electron chi connectivity index (χ0n) is 9.55. The summed E-state index contributed by atoms with van der Waals surface area (Å²) in [5.74, 6) is 0.987. The Morgan fingerprint density at radius 1 is 1.50 bits per heavy atom. The molecule has 1 fully saturated rings. The van der Waals surface area contributed by atoms with E-state index in [-0.39, 0.29) is 11.9 Å². The van der Waals surface area contributed by atoms with Gasteiger partial charge >= 0.3 is 0 Å². The molecule has 0 aromatic heterocycles. The van der Waals surface area contributed by atoms with Crippen molar-refractivity contribution in [2.75, 3.05) is 20.1 Å². The molecule has 1 saturated heterocycles. The Morgan fingerprint density at radius 3 is 2.79 bits per heavy atom. The van der Waals surface area contributed by atoms with Crippen LogP contribution in [0, 0.1) is 5.92 Å². The molecule has 0 aliphatic carbocycles. The summed E-state index contributed by atoms with van der Waals surface area (Å²) in [7, 11) is 1.87. The van der Waals surface area contributed by atoms with Crippen LogP contribution in [0.15, 0.2) is 0 Å². The van der Waals surface area contributed by atoms with Crippen molar-refractivity contribution in [2.24, 2.45) is 5.92 Å². The van der Waals surface area contributed by atoms with E-state index in [1.54, 1.807) is 4.90 Å². The summed E-state index contributed by atoms with van der Waals surface area (Å²) < 4.78 is 0. The molecule has 1 aliphatic rings. The first kappa shape index (κ1) is 11.5. The van der Waals surface area contributed by atoms with Gasteiger partial charge in [0.1, 0.15) is 0 Å². The number of piperidine rings is 1. The van der Waals surface area contributed by atoms with Gasteiger partial charge in [-0.15, -0.1) is 0 Å². The molecule has 3 nitrogen and oxygen atoms in total. The minimum atomic E-state index is 0.0682. The summed E-state index contributed by atoms with van der Waals surface area (Å²) in [5.41, 5.74) is 0. The predicted molar refractivity (Wildman–Crippen MR) is 58.1 cm³/mol. The van der Waals surface area contributed by atoms with E-state index < -0.39 is 0 Å². The standard InChI is InChI=1S/C11H22N2O/c1-4-9-6-7-12-10(8-9)11(14)13(3)5-2/h9-10,12H,4-8H2,1-3H3. The molecule has 1 heterocycles. The van der Waals surface area contributed by atoms with Crippen molar-refractivity contribution < 1.29 is 4.79 Å². The largest absolute Gasteiger partial charge is 0.345 e. The smallest absolute Gasteiger partial charge is 0.239 e. The summed E-state index contributed by atoms with van der Waals surface area (Å²) in [5, 5.41) is 3.31. The lowest BCUT2D eigenvalue weighted by Crippen LogP contribution is -2.49. The number of likely N-dealkylation sites (N-methyl/N-ethyl adjacent to an activating group) is 1. The Bertz CT molecular complexity index is 194. The van der Waals surface area contributed by atoms with Gasteiger partial charge < -0.3 is 10.2 Å². The SMILES string of the molecule is CCC1CCNC(C(=O)N(C)CC)C1. The Kier molecular flexibility index (Phi) is 4.39. The quantitative estimate of drug-likeness (QED) is 0.740. The van der Waals surface area contributed by atoms with E-state index in [4.69, 9.17) is 0 Å². The molecule has 14 heavy (non-hydrogen) atoms. The van der Waals surface area contributed by atoms with Crippen LogP contribution in [-0.4, -0.2) is 37.0 Å². The number of rotatable bonds is 3. The average molecular weight is 198 g/mol. The summed E-state index contributed by atoms with van der Waals surface area (Å²) >= 11 is 0. The van der Waals surface area contributed by atoms with Crippen molar-refractivity contribution in [1.29, 1.82) is 0 Å². The lowest BCUT2D eigenvalue weighted by molar-refractivity contribution is -0.132. The van der Waals surface area contributed by atoms with E-state index in [1.807, 2.05) is 14.0 Å². The van der Waals surface area contributed by atoms with E-state index in [2.05, 4.69) is 12.2 Å². The average Bonchev–Trinajstić information content (AvgIpc) is 2.27. The first-order valence-corrected chi connectivity index (χ1v) is 5.67. The van der Waals surface area contributed by atoms with Crippen LogP contribution in [0.3, 0.4) is 0 Å². The number of carbonyl (C=O) groups excluding carboxylic acids is 1. The maximum atomic E-state index is 11.9. The maximum Gasteiger partial charge on any atom is 0.239 e. The topological polar surface area (TPSA) is 32.3 Å². The molecular weight excluding hydrogens is 176 g/mol. The van der Waals surface area contributed by atoms with Crippen LogP contribution in [-0.2, 0) is 4.79 Å². The highest BCUT2D eigenvalue weighted by Crippen LogP contribution is 2.20. The molecule has 2 atom stereocenters. The lowest BCUT2D eigenvalue weighted by Gasteiger charge is -2.31. The summed E-state index contributed by atoms with van der Waals surface area (Å²) in [6.45, 7) is 6.01. The fraction of sp³-hybridized carbons (Fsp3) is 0.909. The van der Waals surface area contributed by atoms with Gasteiger partial charge in [-0.3, -0.25) is 4.79 Å². The van der Waals surface area contributed by atoms with E-state index in [0.717, 1.165) is 25.4 Å². The molecule has 2 unspecified atom stereocenters. The lowest BCUT2D eigenvalue weighted by atomic mass is 9.90. The molecule has 0 aromatic rings. The second kappa shape index (κ2) is 5.35. The highest BCUT2D eigenvalue weighted by molar-refractivity contribution is 5.81. The van der Waals surface area contributed by atoms with E-state index in [0.29, 0.717) is 0 Å². The first-order chi connectivity index (χ1) is 6.69. The van der Waals surface area contributed by atoms with Gasteiger partial charge in [0.15, 0.2) is 0 Å². The number of amides is 1. The second-order valence-electron chi connectivity index (χ2n) is 4.16. The molecule has 0 radical (unpaired) electrons. The van der Waals surface area contributed by atoms with Gasteiger partial charge in [0.25, 0.3) is 0 Å². The van der Waals surface area contributed by atoms with Gasteiger partial charge in [-0.25, -0.2) is 0 Å². The maximum absolute atomic E-state index is 11.9. The molecule has 3 heteroatoms. The van der Waals surface area contributed by atoms with Crippen molar-refractivity contribution >= 4 is 5.91 Å². The predicted octanol–water partition coefficient (Wildman–Crippen LogP) is 1.24. The monoisotopic (exact) mass is 198 g/mol. The van der Waals surface area contributed by atoms with Gasteiger partial charge in [-0.2, -0.15) is 0 Å². The highest BCUT2D eigenvalue weighted by atomic mass is 16.2. The van der Waals surface area contributed by atoms with Crippen LogP contribution >= 0.6 is 0 Å². The van der Waals surface area contributed by atoms with Crippen LogP contribution < -0.4 is 5.32 Å². The van der Waals surface area contributed by atoms with Crippen LogP contribution in [0.2, 0.25) is 0 Å². The van der Waals surface area contributed by atoms with Gasteiger partial charge in [-0.05, 0) is 32.2 Å². The van der Waals surface area contributed by atoms with Crippen molar-refractivity contribution in [3.05, 3.63) is 0 Å². The van der Waals surface area contributed by atoms with Crippen molar-refractivity contribution in [1.82, 2.24) is 10.2 Å². The number of nitrogens with zero attached hydrogens (tertiary/aromatic N) is 1. The number of carbonyl (C=O) groups is 1. The third-order valence-electron chi connectivity index (χ3n) is 3.24. The van der Waals surface area contributed by atoms with Gasteiger partial charge in [0.2, 0.25) is 5.91 Å². The fourth-order valence-electron chi connectivity index (χ4n) is 1.98.